The van der Waals surface area contributed by atoms with Crippen molar-refractivity contribution in [2.24, 2.45) is 11.7 Å². The van der Waals surface area contributed by atoms with Crippen LogP contribution in [0.2, 0.25) is 0 Å². The monoisotopic (exact) mass is 339 g/mol. The van der Waals surface area contributed by atoms with Crippen molar-refractivity contribution in [3.8, 4) is 0 Å². The van der Waals surface area contributed by atoms with Crippen molar-refractivity contribution < 1.29 is 9.59 Å². The summed E-state index contributed by atoms with van der Waals surface area (Å²) in [7, 11) is 0. The number of hydrogen-bond donors (Lipinski definition) is 3. The molecule has 0 aliphatic rings. The summed E-state index contributed by atoms with van der Waals surface area (Å²) in [5.41, 5.74) is 8.06. The van der Waals surface area contributed by atoms with Crippen LogP contribution in [0.4, 0.5) is 5.69 Å². The van der Waals surface area contributed by atoms with Crippen LogP contribution in [0, 0.1) is 5.92 Å². The van der Waals surface area contributed by atoms with E-state index in [1.165, 1.54) is 0 Å². The third kappa shape index (κ3) is 5.43. The molecule has 2 aromatic rings. The van der Waals surface area contributed by atoms with Gasteiger partial charge >= 0.3 is 0 Å². The van der Waals surface area contributed by atoms with Crippen molar-refractivity contribution in [2.45, 2.75) is 32.9 Å². The van der Waals surface area contributed by atoms with Crippen molar-refractivity contribution in [1.29, 1.82) is 0 Å². The highest BCUT2D eigenvalue weighted by Gasteiger charge is 2.17. The van der Waals surface area contributed by atoms with Gasteiger partial charge in [0.05, 0.1) is 0 Å². The van der Waals surface area contributed by atoms with Gasteiger partial charge in [0, 0.05) is 18.2 Å². The Hall–Kier alpha value is -2.66. The predicted molar refractivity (Wildman–Crippen MR) is 99.7 cm³/mol. The summed E-state index contributed by atoms with van der Waals surface area (Å²) in [5, 5.41) is 6.10. The Morgan fingerprint density at radius 2 is 1.80 bits per heavy atom. The molecule has 0 unspecified atom stereocenters. The molecule has 5 nitrogen and oxygen atoms in total. The van der Waals surface area contributed by atoms with Crippen LogP contribution < -0.4 is 16.4 Å². The molecule has 0 aliphatic heterocycles. The van der Waals surface area contributed by atoms with Crippen LogP contribution in [-0.2, 0) is 16.1 Å². The second kappa shape index (κ2) is 8.99. The van der Waals surface area contributed by atoms with Crippen molar-refractivity contribution in [2.75, 3.05) is 5.32 Å². The van der Waals surface area contributed by atoms with Crippen molar-refractivity contribution in [3.63, 3.8) is 0 Å². The summed E-state index contributed by atoms with van der Waals surface area (Å²) in [6.45, 7) is 4.35. The van der Waals surface area contributed by atoms with E-state index in [2.05, 4.69) is 10.6 Å². The fourth-order valence-electron chi connectivity index (χ4n) is 2.46. The molecule has 0 aliphatic carbocycles. The Balaban J connectivity index is 2.03. The average molecular weight is 339 g/mol. The lowest BCUT2D eigenvalue weighted by molar-refractivity contribution is -0.120. The second-order valence-corrected chi connectivity index (χ2v) is 6.13. The Morgan fingerprint density at radius 1 is 1.08 bits per heavy atom. The van der Waals surface area contributed by atoms with Gasteiger partial charge in [-0.25, -0.2) is 0 Å². The summed E-state index contributed by atoms with van der Waals surface area (Å²) in [5.74, 6) is -0.446. The van der Waals surface area contributed by atoms with Crippen molar-refractivity contribution >= 4 is 17.5 Å². The third-order valence-corrected chi connectivity index (χ3v) is 4.18. The van der Waals surface area contributed by atoms with Crippen LogP contribution in [0.5, 0.6) is 0 Å². The largest absolute Gasteiger partial charge is 0.368 e. The summed E-state index contributed by atoms with van der Waals surface area (Å²) >= 11 is 0. The first-order chi connectivity index (χ1) is 12.0. The number of carbonyl (C=O) groups excluding carboxylic acids is 2. The number of nitrogens with two attached hydrogens (primary N) is 1. The fraction of sp³-hybridized carbons (Fsp3) is 0.300. The first-order valence-corrected chi connectivity index (χ1v) is 8.48. The second-order valence-electron chi connectivity index (χ2n) is 6.13. The average Bonchev–Trinajstić information content (AvgIpc) is 2.62. The molecule has 2 amide bonds. The maximum Gasteiger partial charge on any atom is 0.239 e. The van der Waals surface area contributed by atoms with E-state index in [0.29, 0.717) is 6.54 Å². The third-order valence-electron chi connectivity index (χ3n) is 4.18. The van der Waals surface area contributed by atoms with Crippen LogP contribution in [0.1, 0.15) is 37.4 Å². The molecule has 2 atom stereocenters. The zero-order valence-electron chi connectivity index (χ0n) is 14.7. The van der Waals surface area contributed by atoms with Crippen LogP contribution in [-0.4, -0.2) is 11.8 Å². The van der Waals surface area contributed by atoms with E-state index in [9.17, 15) is 9.59 Å². The Labute approximate surface area is 148 Å². The summed E-state index contributed by atoms with van der Waals surface area (Å²) in [6.07, 6.45) is 0.796. The highest BCUT2D eigenvalue weighted by atomic mass is 16.2. The Kier molecular flexibility index (Phi) is 6.71. The molecule has 2 aromatic carbocycles. The molecule has 132 valence electrons. The van der Waals surface area contributed by atoms with E-state index < -0.39 is 11.9 Å². The molecule has 0 fully saturated rings. The molecule has 0 aromatic heterocycles. The molecule has 0 spiro atoms. The van der Waals surface area contributed by atoms with Gasteiger partial charge in [-0.2, -0.15) is 0 Å². The number of amides is 2. The topological polar surface area (TPSA) is 84.2 Å². The summed E-state index contributed by atoms with van der Waals surface area (Å²) in [6, 6.07) is 16.4. The van der Waals surface area contributed by atoms with Gasteiger partial charge in [-0.3, -0.25) is 14.9 Å². The molecule has 4 N–H and O–H groups in total. The van der Waals surface area contributed by atoms with Gasteiger partial charge in [-0.1, -0.05) is 56.3 Å². The van der Waals surface area contributed by atoms with Crippen LogP contribution >= 0.6 is 0 Å². The van der Waals surface area contributed by atoms with E-state index in [-0.39, 0.29) is 11.8 Å². The minimum absolute atomic E-state index is 0.00640. The van der Waals surface area contributed by atoms with Gasteiger partial charge in [0.1, 0.15) is 6.04 Å². The predicted octanol–water partition coefficient (Wildman–Crippen LogP) is 2.99. The number of hydrogen-bond acceptors (Lipinski definition) is 3. The highest BCUT2D eigenvalue weighted by molar-refractivity contribution is 5.92. The van der Waals surface area contributed by atoms with Gasteiger partial charge in [0.15, 0.2) is 0 Å². The van der Waals surface area contributed by atoms with Crippen molar-refractivity contribution in [1.82, 2.24) is 5.32 Å². The quantitative estimate of drug-likeness (QED) is 0.691. The smallest absolute Gasteiger partial charge is 0.239 e. The number of carbonyl (C=O) groups is 2. The lowest BCUT2D eigenvalue weighted by Gasteiger charge is -2.16. The van der Waals surface area contributed by atoms with Gasteiger partial charge in [-0.05, 0) is 29.7 Å². The molecular formula is C20H25N3O2. The molecule has 0 saturated carbocycles. The number of primary amides is 1. The molecule has 0 heterocycles. The van der Waals surface area contributed by atoms with E-state index >= 15 is 0 Å². The SMILES string of the molecule is CC[C@@H](C)C(=O)Nc1cccc(CN[C@@H](C(N)=O)c2ccccc2)c1. The molecule has 25 heavy (non-hydrogen) atoms. The Bertz CT molecular complexity index is 716. The Morgan fingerprint density at radius 3 is 2.44 bits per heavy atom. The van der Waals surface area contributed by atoms with Crippen LogP contribution in [0.25, 0.3) is 0 Å². The minimum Gasteiger partial charge on any atom is -0.368 e. The van der Waals surface area contributed by atoms with Crippen molar-refractivity contribution in [3.05, 3.63) is 65.7 Å². The van der Waals surface area contributed by atoms with E-state index in [1.807, 2.05) is 68.4 Å². The highest BCUT2D eigenvalue weighted by Crippen LogP contribution is 2.16. The van der Waals surface area contributed by atoms with Gasteiger partial charge in [0.2, 0.25) is 11.8 Å². The maximum atomic E-state index is 12.0. The molecular weight excluding hydrogens is 314 g/mol. The lowest BCUT2D eigenvalue weighted by atomic mass is 10.1. The zero-order valence-corrected chi connectivity index (χ0v) is 14.7. The minimum atomic E-state index is -0.556. The zero-order chi connectivity index (χ0) is 18.2. The summed E-state index contributed by atoms with van der Waals surface area (Å²) < 4.78 is 0. The number of anilines is 1. The number of benzene rings is 2. The first kappa shape index (κ1) is 18.7. The number of nitrogens with one attached hydrogen (secondary N) is 2. The number of rotatable bonds is 8. The van der Waals surface area contributed by atoms with E-state index in [4.69, 9.17) is 5.73 Å². The summed E-state index contributed by atoms with van der Waals surface area (Å²) in [4.78, 5) is 23.8. The standard InChI is InChI=1S/C20H25N3O2/c1-3-14(2)20(25)23-17-11-7-8-15(12-17)13-22-18(19(21)24)16-9-5-4-6-10-16/h4-12,14,18,22H,3,13H2,1-2H3,(H2,21,24)(H,23,25)/t14-,18-/m1/s1. The molecule has 0 radical (unpaired) electrons. The molecule has 2 rings (SSSR count). The van der Waals surface area contributed by atoms with Crippen LogP contribution in [0.15, 0.2) is 54.6 Å². The van der Waals surface area contributed by atoms with Gasteiger partial charge < -0.3 is 11.1 Å². The lowest BCUT2D eigenvalue weighted by Crippen LogP contribution is -2.33. The van der Waals surface area contributed by atoms with E-state index in [1.54, 1.807) is 0 Å². The molecule has 5 heteroatoms. The molecule has 0 bridgehead atoms. The van der Waals surface area contributed by atoms with E-state index in [0.717, 1.165) is 23.2 Å². The fourth-order valence-corrected chi connectivity index (χ4v) is 2.46. The maximum absolute atomic E-state index is 12.0. The van der Waals surface area contributed by atoms with Gasteiger partial charge in [-0.15, -0.1) is 0 Å². The van der Waals surface area contributed by atoms with Crippen LogP contribution in [0.3, 0.4) is 0 Å². The molecule has 0 saturated heterocycles. The first-order valence-electron chi connectivity index (χ1n) is 8.48. The van der Waals surface area contributed by atoms with Gasteiger partial charge in [0.25, 0.3) is 0 Å². The normalized spacial score (nSPS) is 13.0.